The highest BCUT2D eigenvalue weighted by atomic mass is 16.1. The van der Waals surface area contributed by atoms with Crippen LogP contribution in [0.4, 0.5) is 0 Å². The van der Waals surface area contributed by atoms with E-state index < -0.39 is 5.54 Å². The van der Waals surface area contributed by atoms with Gasteiger partial charge in [0.25, 0.3) is 0 Å². The molecule has 0 fully saturated rings. The van der Waals surface area contributed by atoms with Gasteiger partial charge in [-0.3, -0.25) is 4.79 Å². The van der Waals surface area contributed by atoms with Crippen molar-refractivity contribution in [2.75, 3.05) is 26.2 Å². The maximum absolute atomic E-state index is 11.5. The fourth-order valence-electron chi connectivity index (χ4n) is 2.47. The quantitative estimate of drug-likeness (QED) is 0.535. The number of unbranched alkanes of at least 4 members (excludes halogenated alkanes) is 1. The van der Waals surface area contributed by atoms with Gasteiger partial charge in [0.15, 0.2) is 0 Å². The van der Waals surface area contributed by atoms with E-state index in [9.17, 15) is 4.79 Å². The van der Waals surface area contributed by atoms with E-state index in [0.717, 1.165) is 32.4 Å². The number of amides is 1. The number of nitrogens with one attached hydrogen (secondary N) is 1. The van der Waals surface area contributed by atoms with E-state index in [1.165, 1.54) is 25.9 Å². The van der Waals surface area contributed by atoms with Crippen molar-refractivity contribution < 1.29 is 4.79 Å². The number of hydrogen-bond donors (Lipinski definition) is 2. The summed E-state index contributed by atoms with van der Waals surface area (Å²) in [4.78, 5) is 14.0. The van der Waals surface area contributed by atoms with Crippen LogP contribution in [0.3, 0.4) is 0 Å². The average molecular weight is 271 g/mol. The molecule has 3 N–H and O–H groups in total. The summed E-state index contributed by atoms with van der Waals surface area (Å²) in [7, 11) is 0. The van der Waals surface area contributed by atoms with Crippen molar-refractivity contribution >= 4 is 5.91 Å². The molecular formula is C15H33N3O. The van der Waals surface area contributed by atoms with Crippen molar-refractivity contribution in [3.05, 3.63) is 0 Å². The van der Waals surface area contributed by atoms with Crippen LogP contribution in [-0.2, 0) is 4.79 Å². The Labute approximate surface area is 119 Å². The minimum absolute atomic E-state index is 0.242. The molecule has 4 heteroatoms. The van der Waals surface area contributed by atoms with Gasteiger partial charge in [0.2, 0.25) is 5.91 Å². The highest BCUT2D eigenvalue weighted by Crippen LogP contribution is 2.14. The molecule has 1 amide bonds. The van der Waals surface area contributed by atoms with Crippen LogP contribution in [0.1, 0.15) is 59.8 Å². The van der Waals surface area contributed by atoms with Crippen molar-refractivity contribution in [1.29, 1.82) is 0 Å². The Kier molecular flexibility index (Phi) is 9.88. The molecule has 4 nitrogen and oxygen atoms in total. The van der Waals surface area contributed by atoms with Crippen LogP contribution in [0.15, 0.2) is 0 Å². The first-order valence-electron chi connectivity index (χ1n) is 7.77. The molecule has 0 aromatic rings. The molecule has 0 aromatic heterocycles. The Morgan fingerprint density at radius 1 is 1.11 bits per heavy atom. The first-order valence-corrected chi connectivity index (χ1v) is 7.77. The summed E-state index contributed by atoms with van der Waals surface area (Å²) in [6.07, 6.45) is 5.40. The Hall–Kier alpha value is -0.610. The van der Waals surface area contributed by atoms with Crippen LogP contribution in [0.25, 0.3) is 0 Å². The van der Waals surface area contributed by atoms with E-state index in [2.05, 4.69) is 24.1 Å². The lowest BCUT2D eigenvalue weighted by atomic mass is 9.94. The lowest BCUT2D eigenvalue weighted by Crippen LogP contribution is -2.53. The lowest BCUT2D eigenvalue weighted by molar-refractivity contribution is -0.124. The van der Waals surface area contributed by atoms with Crippen molar-refractivity contribution in [1.82, 2.24) is 10.2 Å². The van der Waals surface area contributed by atoms with Gasteiger partial charge in [-0.05, 0) is 65.2 Å². The van der Waals surface area contributed by atoms with Gasteiger partial charge in [0.1, 0.15) is 0 Å². The van der Waals surface area contributed by atoms with Crippen LogP contribution >= 0.6 is 0 Å². The van der Waals surface area contributed by atoms with Gasteiger partial charge in [-0.2, -0.15) is 0 Å². The average Bonchev–Trinajstić information content (AvgIpc) is 2.35. The molecule has 114 valence electrons. The molecule has 1 atom stereocenters. The predicted molar refractivity (Wildman–Crippen MR) is 82.1 cm³/mol. The molecule has 0 aliphatic heterocycles. The third-order valence-corrected chi connectivity index (χ3v) is 3.59. The molecule has 0 saturated heterocycles. The Balaban J connectivity index is 4.01. The van der Waals surface area contributed by atoms with E-state index in [-0.39, 0.29) is 5.91 Å². The summed E-state index contributed by atoms with van der Waals surface area (Å²) < 4.78 is 0. The van der Waals surface area contributed by atoms with E-state index >= 15 is 0 Å². The van der Waals surface area contributed by atoms with Gasteiger partial charge >= 0.3 is 0 Å². The molecular weight excluding hydrogens is 238 g/mol. The van der Waals surface area contributed by atoms with Gasteiger partial charge in [-0.25, -0.2) is 0 Å². The Bertz CT molecular complexity index is 240. The first kappa shape index (κ1) is 18.4. The number of carbonyl (C=O) groups is 1. The van der Waals surface area contributed by atoms with Crippen LogP contribution in [-0.4, -0.2) is 42.5 Å². The van der Waals surface area contributed by atoms with Crippen LogP contribution < -0.4 is 11.1 Å². The van der Waals surface area contributed by atoms with Crippen LogP contribution in [0, 0.1) is 0 Å². The third kappa shape index (κ3) is 7.53. The highest BCUT2D eigenvalue weighted by molar-refractivity contribution is 5.84. The standard InChI is InChI=1S/C15H33N3O/c1-5-11-18(12-6-2)13-9-8-10-15(4,14(16)19)17-7-3/h17H,5-13H2,1-4H3,(H2,16,19). The van der Waals surface area contributed by atoms with Gasteiger partial charge in [-0.15, -0.1) is 0 Å². The molecule has 0 heterocycles. The topological polar surface area (TPSA) is 58.4 Å². The maximum atomic E-state index is 11.5. The molecule has 1 unspecified atom stereocenters. The maximum Gasteiger partial charge on any atom is 0.237 e. The zero-order valence-corrected chi connectivity index (χ0v) is 13.3. The summed E-state index contributed by atoms with van der Waals surface area (Å²) in [5.41, 5.74) is 4.94. The molecule has 0 rings (SSSR count). The normalized spacial score (nSPS) is 14.6. The Morgan fingerprint density at radius 3 is 2.11 bits per heavy atom. The largest absolute Gasteiger partial charge is 0.368 e. The number of rotatable bonds is 12. The molecule has 0 bridgehead atoms. The molecule has 0 aliphatic rings. The van der Waals surface area contributed by atoms with Gasteiger partial charge in [-0.1, -0.05) is 20.8 Å². The fourth-order valence-corrected chi connectivity index (χ4v) is 2.47. The number of likely N-dealkylation sites (N-methyl/N-ethyl adjacent to an activating group) is 1. The summed E-state index contributed by atoms with van der Waals surface area (Å²) in [5, 5.41) is 3.21. The number of hydrogen-bond acceptors (Lipinski definition) is 3. The summed E-state index contributed by atoms with van der Waals surface area (Å²) >= 11 is 0. The number of carbonyl (C=O) groups excluding carboxylic acids is 1. The minimum Gasteiger partial charge on any atom is -0.368 e. The molecule has 0 aromatic carbocycles. The highest BCUT2D eigenvalue weighted by Gasteiger charge is 2.28. The second kappa shape index (κ2) is 10.2. The number of primary amides is 1. The zero-order valence-electron chi connectivity index (χ0n) is 13.3. The first-order chi connectivity index (χ1) is 9.00. The van der Waals surface area contributed by atoms with Gasteiger partial charge in [0, 0.05) is 0 Å². The van der Waals surface area contributed by atoms with Crippen molar-refractivity contribution in [3.8, 4) is 0 Å². The molecule has 0 saturated carbocycles. The van der Waals surface area contributed by atoms with Gasteiger partial charge in [0.05, 0.1) is 5.54 Å². The molecule has 0 radical (unpaired) electrons. The van der Waals surface area contributed by atoms with E-state index in [4.69, 9.17) is 5.73 Å². The number of nitrogens with zero attached hydrogens (tertiary/aromatic N) is 1. The number of nitrogens with two attached hydrogens (primary N) is 1. The second-order valence-corrected chi connectivity index (χ2v) is 5.53. The summed E-state index contributed by atoms with van der Waals surface area (Å²) in [6, 6.07) is 0. The third-order valence-electron chi connectivity index (χ3n) is 3.59. The summed E-state index contributed by atoms with van der Waals surface area (Å²) in [5.74, 6) is -0.242. The van der Waals surface area contributed by atoms with Crippen LogP contribution in [0.2, 0.25) is 0 Å². The monoisotopic (exact) mass is 271 g/mol. The molecule has 0 aliphatic carbocycles. The SMILES string of the molecule is CCCN(CCC)CCCCC(C)(NCC)C(N)=O. The van der Waals surface area contributed by atoms with Crippen molar-refractivity contribution in [3.63, 3.8) is 0 Å². The van der Waals surface area contributed by atoms with E-state index in [0.29, 0.717) is 0 Å². The van der Waals surface area contributed by atoms with E-state index in [1.807, 2.05) is 13.8 Å². The van der Waals surface area contributed by atoms with Gasteiger partial charge < -0.3 is 16.0 Å². The predicted octanol–water partition coefficient (Wildman–Crippen LogP) is 2.13. The van der Waals surface area contributed by atoms with Crippen LogP contribution in [0.5, 0.6) is 0 Å². The lowest BCUT2D eigenvalue weighted by Gasteiger charge is -2.27. The van der Waals surface area contributed by atoms with Crippen molar-refractivity contribution in [2.45, 2.75) is 65.3 Å². The molecule has 19 heavy (non-hydrogen) atoms. The Morgan fingerprint density at radius 2 is 1.68 bits per heavy atom. The summed E-state index contributed by atoms with van der Waals surface area (Å²) in [6.45, 7) is 12.6. The zero-order chi connectivity index (χ0) is 14.7. The second-order valence-electron chi connectivity index (χ2n) is 5.53. The smallest absolute Gasteiger partial charge is 0.237 e. The fraction of sp³-hybridized carbons (Fsp3) is 0.933. The van der Waals surface area contributed by atoms with Crippen molar-refractivity contribution in [2.24, 2.45) is 5.73 Å². The molecule has 0 spiro atoms. The van der Waals surface area contributed by atoms with E-state index in [1.54, 1.807) is 0 Å². The minimum atomic E-state index is -0.547.